The summed E-state index contributed by atoms with van der Waals surface area (Å²) in [4.78, 5) is 33.0. The van der Waals surface area contributed by atoms with Crippen LogP contribution in [-0.2, 0) is 9.53 Å². The van der Waals surface area contributed by atoms with Crippen LogP contribution in [0.2, 0.25) is 0 Å². The third-order valence-electron chi connectivity index (χ3n) is 6.72. The lowest BCUT2D eigenvalue weighted by Gasteiger charge is -2.26. The highest BCUT2D eigenvalue weighted by Gasteiger charge is 2.35. The van der Waals surface area contributed by atoms with Crippen LogP contribution in [0.5, 0.6) is 5.75 Å². The summed E-state index contributed by atoms with van der Waals surface area (Å²) in [5.41, 5.74) is 4.19. The van der Waals surface area contributed by atoms with Crippen molar-refractivity contribution < 1.29 is 14.3 Å². The highest BCUT2D eigenvalue weighted by molar-refractivity contribution is 7.07. The SMILES string of the molecule is CCOC(=O)C1=C(c2ccccc2)N=c2s/c(=C/c3ccccc3OC)c(=O)n2[C@H]1c1ccc(C(C)C)cc1. The first kappa shape index (κ1) is 26.4. The van der Waals surface area contributed by atoms with Crippen LogP contribution >= 0.6 is 11.3 Å². The fraction of sp³-hybridized carbons (Fsp3) is 0.219. The van der Waals surface area contributed by atoms with Gasteiger partial charge < -0.3 is 9.47 Å². The Balaban J connectivity index is 1.82. The van der Waals surface area contributed by atoms with Crippen LogP contribution in [-0.4, -0.2) is 24.3 Å². The molecular weight excluding hydrogens is 508 g/mol. The van der Waals surface area contributed by atoms with E-state index in [9.17, 15) is 9.59 Å². The van der Waals surface area contributed by atoms with Gasteiger partial charge in [0.25, 0.3) is 5.56 Å². The van der Waals surface area contributed by atoms with Crippen molar-refractivity contribution in [2.75, 3.05) is 13.7 Å². The molecule has 1 aliphatic heterocycles. The monoisotopic (exact) mass is 538 g/mol. The minimum atomic E-state index is -0.698. The second-order valence-electron chi connectivity index (χ2n) is 9.49. The van der Waals surface area contributed by atoms with Crippen LogP contribution in [0.25, 0.3) is 11.8 Å². The molecule has 5 rings (SSSR count). The van der Waals surface area contributed by atoms with Crippen molar-refractivity contribution in [2.24, 2.45) is 4.99 Å². The number of benzene rings is 3. The van der Waals surface area contributed by atoms with Crippen LogP contribution in [0.15, 0.2) is 94.2 Å². The Kier molecular flexibility index (Phi) is 7.61. The fourth-order valence-electron chi connectivity index (χ4n) is 4.75. The van der Waals surface area contributed by atoms with E-state index in [1.54, 1.807) is 18.6 Å². The number of carbonyl (C=O) groups is 1. The average Bonchev–Trinajstić information content (AvgIpc) is 3.27. The molecule has 0 aliphatic carbocycles. The van der Waals surface area contributed by atoms with Crippen molar-refractivity contribution in [3.8, 4) is 5.75 Å². The molecule has 39 heavy (non-hydrogen) atoms. The minimum absolute atomic E-state index is 0.210. The molecule has 0 saturated heterocycles. The Morgan fingerprint density at radius 3 is 2.38 bits per heavy atom. The van der Waals surface area contributed by atoms with E-state index in [1.165, 1.54) is 16.9 Å². The molecule has 0 radical (unpaired) electrons. The number of fused-ring (bicyclic) bond motifs is 1. The number of hydrogen-bond acceptors (Lipinski definition) is 6. The lowest BCUT2D eigenvalue weighted by Crippen LogP contribution is -2.40. The zero-order valence-electron chi connectivity index (χ0n) is 22.4. The molecule has 4 aromatic rings. The predicted octanol–water partition coefficient (Wildman–Crippen LogP) is 5.07. The minimum Gasteiger partial charge on any atom is -0.496 e. The lowest BCUT2D eigenvalue weighted by atomic mass is 9.91. The largest absolute Gasteiger partial charge is 0.496 e. The standard InChI is InChI=1S/C32H30N2O4S/c1-5-38-31(36)27-28(22-11-7-6-8-12-22)33-32-34(29(27)23-17-15-21(16-18-23)20(2)3)30(35)26(39-32)19-24-13-9-10-14-25(24)37-4/h6-20,29H,5H2,1-4H3/b26-19+/t29-/m0/s1. The van der Waals surface area contributed by atoms with Crippen LogP contribution in [0.1, 0.15) is 55.0 Å². The molecule has 0 saturated carbocycles. The van der Waals surface area contributed by atoms with Crippen molar-refractivity contribution in [3.05, 3.63) is 126 Å². The number of methoxy groups -OCH3 is 1. The first-order chi connectivity index (χ1) is 18.9. The summed E-state index contributed by atoms with van der Waals surface area (Å²) in [6.45, 7) is 6.25. The van der Waals surface area contributed by atoms with Crippen LogP contribution in [0, 0.1) is 0 Å². The van der Waals surface area contributed by atoms with Crippen LogP contribution in [0.4, 0.5) is 0 Å². The van der Waals surface area contributed by atoms with Gasteiger partial charge in [-0.2, -0.15) is 0 Å². The smallest absolute Gasteiger partial charge is 0.338 e. The van der Waals surface area contributed by atoms with Crippen molar-refractivity contribution >= 4 is 29.1 Å². The first-order valence-corrected chi connectivity index (χ1v) is 13.8. The van der Waals surface area contributed by atoms with E-state index >= 15 is 0 Å². The Labute approximate surface area is 231 Å². The van der Waals surface area contributed by atoms with E-state index in [0.717, 1.165) is 16.7 Å². The number of rotatable bonds is 7. The van der Waals surface area contributed by atoms with Crippen molar-refractivity contribution in [1.82, 2.24) is 4.57 Å². The maximum absolute atomic E-state index is 14.0. The molecule has 0 unspecified atom stereocenters. The zero-order chi connectivity index (χ0) is 27.5. The van der Waals surface area contributed by atoms with Gasteiger partial charge in [0, 0.05) is 11.1 Å². The number of carbonyl (C=O) groups excluding carboxylic acids is 1. The third-order valence-corrected chi connectivity index (χ3v) is 7.70. The third kappa shape index (κ3) is 5.10. The molecule has 198 valence electrons. The van der Waals surface area contributed by atoms with Gasteiger partial charge in [-0.15, -0.1) is 0 Å². The number of aromatic nitrogens is 1. The molecule has 0 N–H and O–H groups in total. The molecule has 0 fully saturated rings. The van der Waals surface area contributed by atoms with E-state index in [1.807, 2.05) is 72.8 Å². The summed E-state index contributed by atoms with van der Waals surface area (Å²) in [5, 5.41) is 0. The van der Waals surface area contributed by atoms with Crippen molar-refractivity contribution in [2.45, 2.75) is 32.7 Å². The molecule has 3 aromatic carbocycles. The summed E-state index contributed by atoms with van der Waals surface area (Å²) >= 11 is 1.29. The summed E-state index contributed by atoms with van der Waals surface area (Å²) in [6.07, 6.45) is 1.82. The number of nitrogens with zero attached hydrogens (tertiary/aromatic N) is 2. The van der Waals surface area contributed by atoms with Gasteiger partial charge in [0.15, 0.2) is 4.80 Å². The Bertz CT molecular complexity index is 1710. The average molecular weight is 539 g/mol. The Morgan fingerprint density at radius 2 is 1.72 bits per heavy atom. The molecule has 0 spiro atoms. The Hall–Kier alpha value is -4.23. The zero-order valence-corrected chi connectivity index (χ0v) is 23.2. The van der Waals surface area contributed by atoms with E-state index in [4.69, 9.17) is 14.5 Å². The van der Waals surface area contributed by atoms with E-state index in [-0.39, 0.29) is 12.2 Å². The topological polar surface area (TPSA) is 69.9 Å². The second kappa shape index (κ2) is 11.3. The summed E-state index contributed by atoms with van der Waals surface area (Å²) in [6, 6.07) is 24.5. The molecule has 7 heteroatoms. The maximum Gasteiger partial charge on any atom is 0.338 e. The second-order valence-corrected chi connectivity index (χ2v) is 10.5. The van der Waals surface area contributed by atoms with Crippen molar-refractivity contribution in [1.29, 1.82) is 0 Å². The lowest BCUT2D eigenvalue weighted by molar-refractivity contribution is -0.138. The highest BCUT2D eigenvalue weighted by atomic mass is 32.1. The normalized spacial score (nSPS) is 15.2. The van der Waals surface area contributed by atoms with Gasteiger partial charge in [-0.1, -0.05) is 98.0 Å². The van der Waals surface area contributed by atoms with Gasteiger partial charge in [0.2, 0.25) is 0 Å². The fourth-order valence-corrected chi connectivity index (χ4v) is 5.74. The summed E-state index contributed by atoms with van der Waals surface area (Å²) in [5.74, 6) is 0.528. The number of para-hydroxylation sites is 1. The molecule has 1 aromatic heterocycles. The molecule has 1 aliphatic rings. The number of hydrogen-bond donors (Lipinski definition) is 0. The number of thiazole rings is 1. The van der Waals surface area contributed by atoms with Gasteiger partial charge in [-0.05, 0) is 36.1 Å². The Morgan fingerprint density at radius 1 is 1.03 bits per heavy atom. The molecule has 6 nitrogen and oxygen atoms in total. The van der Waals surface area contributed by atoms with Crippen molar-refractivity contribution in [3.63, 3.8) is 0 Å². The van der Waals surface area contributed by atoms with E-state index < -0.39 is 12.0 Å². The highest BCUT2D eigenvalue weighted by Crippen LogP contribution is 2.35. The van der Waals surface area contributed by atoms with Gasteiger partial charge in [-0.25, -0.2) is 9.79 Å². The first-order valence-electron chi connectivity index (χ1n) is 12.9. The quantitative estimate of drug-likeness (QED) is 0.308. The molecule has 1 atom stereocenters. The van der Waals surface area contributed by atoms with Gasteiger partial charge in [0.1, 0.15) is 5.75 Å². The predicted molar refractivity (Wildman–Crippen MR) is 155 cm³/mol. The van der Waals surface area contributed by atoms with Gasteiger partial charge >= 0.3 is 5.97 Å². The van der Waals surface area contributed by atoms with Crippen LogP contribution in [0.3, 0.4) is 0 Å². The summed E-state index contributed by atoms with van der Waals surface area (Å²) in [7, 11) is 1.60. The van der Waals surface area contributed by atoms with Crippen LogP contribution < -0.4 is 19.6 Å². The number of ether oxygens (including phenoxy) is 2. The summed E-state index contributed by atoms with van der Waals surface area (Å²) < 4.78 is 13.2. The number of esters is 1. The van der Waals surface area contributed by atoms with E-state index in [0.29, 0.717) is 32.3 Å². The maximum atomic E-state index is 14.0. The molecule has 2 heterocycles. The molecular formula is C32H30N2O4S. The molecule has 0 amide bonds. The molecule has 0 bridgehead atoms. The van der Waals surface area contributed by atoms with E-state index in [2.05, 4.69) is 26.0 Å². The van der Waals surface area contributed by atoms with Gasteiger partial charge in [-0.3, -0.25) is 9.36 Å². The van der Waals surface area contributed by atoms with Gasteiger partial charge in [0.05, 0.1) is 35.6 Å².